The summed E-state index contributed by atoms with van der Waals surface area (Å²) >= 11 is 0. The third-order valence-corrected chi connectivity index (χ3v) is 5.65. The molecule has 1 saturated heterocycles. The molecule has 2 rings (SSSR count). The van der Waals surface area contributed by atoms with E-state index in [4.69, 9.17) is 0 Å². The van der Waals surface area contributed by atoms with Gasteiger partial charge in [0.1, 0.15) is 0 Å². The van der Waals surface area contributed by atoms with Crippen molar-refractivity contribution in [3.05, 3.63) is 29.8 Å². The van der Waals surface area contributed by atoms with Gasteiger partial charge in [-0.2, -0.15) is 4.31 Å². The molecule has 3 nitrogen and oxygen atoms in total. The van der Waals surface area contributed by atoms with Gasteiger partial charge < -0.3 is 0 Å². The summed E-state index contributed by atoms with van der Waals surface area (Å²) in [5, 5.41) is 0. The molecule has 0 unspecified atom stereocenters. The van der Waals surface area contributed by atoms with Gasteiger partial charge in [0.2, 0.25) is 10.0 Å². The lowest BCUT2D eigenvalue weighted by Crippen LogP contribution is -2.41. The summed E-state index contributed by atoms with van der Waals surface area (Å²) in [6.45, 7) is 7.61. The minimum Gasteiger partial charge on any atom is -0.207 e. The van der Waals surface area contributed by atoms with Gasteiger partial charge in [0, 0.05) is 13.1 Å². The van der Waals surface area contributed by atoms with E-state index in [0.29, 0.717) is 18.0 Å². The van der Waals surface area contributed by atoms with Crippen LogP contribution in [0.4, 0.5) is 0 Å². The monoisotopic (exact) mass is 267 g/mol. The average Bonchev–Trinajstić information content (AvgIpc) is 2.29. The molecule has 100 valence electrons. The molecule has 0 radical (unpaired) electrons. The second-order valence-electron chi connectivity index (χ2n) is 5.88. The lowest BCUT2D eigenvalue weighted by molar-refractivity contribution is 0.196. The number of piperidine rings is 1. The first-order valence-corrected chi connectivity index (χ1v) is 7.82. The Morgan fingerprint density at radius 2 is 1.56 bits per heavy atom. The molecular formula is C14H21NO2S. The van der Waals surface area contributed by atoms with Crippen molar-refractivity contribution < 1.29 is 8.42 Å². The van der Waals surface area contributed by atoms with Gasteiger partial charge in [-0.25, -0.2) is 8.42 Å². The van der Waals surface area contributed by atoms with Crippen molar-refractivity contribution in [3.63, 3.8) is 0 Å². The number of nitrogens with zero attached hydrogens (tertiary/aromatic N) is 1. The Hall–Kier alpha value is -0.870. The first-order chi connectivity index (χ1) is 8.31. The highest BCUT2D eigenvalue weighted by Crippen LogP contribution is 2.32. The average molecular weight is 267 g/mol. The van der Waals surface area contributed by atoms with Gasteiger partial charge in [-0.05, 0) is 37.3 Å². The van der Waals surface area contributed by atoms with Gasteiger partial charge in [0.05, 0.1) is 4.90 Å². The highest BCUT2D eigenvalue weighted by Gasteiger charge is 2.32. The third kappa shape index (κ3) is 2.75. The normalized spacial score (nSPS) is 20.8. The highest BCUT2D eigenvalue weighted by molar-refractivity contribution is 7.89. The number of aryl methyl sites for hydroxylation is 1. The van der Waals surface area contributed by atoms with Crippen molar-refractivity contribution >= 4 is 10.0 Å². The lowest BCUT2D eigenvalue weighted by atomic mass is 9.83. The van der Waals surface area contributed by atoms with E-state index >= 15 is 0 Å². The molecule has 0 amide bonds. The van der Waals surface area contributed by atoms with E-state index in [1.165, 1.54) is 0 Å². The molecule has 1 heterocycles. The zero-order valence-electron chi connectivity index (χ0n) is 11.3. The predicted octanol–water partition coefficient (Wildman–Crippen LogP) is 2.81. The van der Waals surface area contributed by atoms with Gasteiger partial charge in [-0.15, -0.1) is 0 Å². The molecule has 0 atom stereocenters. The van der Waals surface area contributed by atoms with Crippen LogP contribution in [-0.4, -0.2) is 25.8 Å². The molecule has 0 aliphatic carbocycles. The fourth-order valence-corrected chi connectivity index (χ4v) is 3.63. The quantitative estimate of drug-likeness (QED) is 0.826. The van der Waals surface area contributed by atoms with Crippen LogP contribution in [0.5, 0.6) is 0 Å². The van der Waals surface area contributed by atoms with Crippen LogP contribution in [0, 0.1) is 12.3 Å². The van der Waals surface area contributed by atoms with Gasteiger partial charge in [0.25, 0.3) is 0 Å². The van der Waals surface area contributed by atoms with E-state index in [-0.39, 0.29) is 5.41 Å². The second kappa shape index (κ2) is 4.67. The van der Waals surface area contributed by atoms with Crippen LogP contribution in [0.3, 0.4) is 0 Å². The summed E-state index contributed by atoms with van der Waals surface area (Å²) in [6, 6.07) is 7.09. The summed E-state index contributed by atoms with van der Waals surface area (Å²) in [6.07, 6.45) is 1.86. The summed E-state index contributed by atoms with van der Waals surface area (Å²) < 4.78 is 26.5. The minimum atomic E-state index is -3.30. The van der Waals surface area contributed by atoms with Gasteiger partial charge in [-0.3, -0.25) is 0 Å². The molecule has 1 aromatic carbocycles. The molecule has 0 aromatic heterocycles. The summed E-state index contributed by atoms with van der Waals surface area (Å²) in [5.41, 5.74) is 1.34. The van der Waals surface area contributed by atoms with Gasteiger partial charge in [-0.1, -0.05) is 31.5 Å². The Kier molecular flexibility index (Phi) is 3.52. The first kappa shape index (κ1) is 13.6. The zero-order valence-corrected chi connectivity index (χ0v) is 12.1. The van der Waals surface area contributed by atoms with Crippen LogP contribution < -0.4 is 0 Å². The molecule has 4 heteroatoms. The molecule has 0 N–H and O–H groups in total. The van der Waals surface area contributed by atoms with Crippen LogP contribution in [0.15, 0.2) is 29.2 Å². The maximum Gasteiger partial charge on any atom is 0.243 e. The predicted molar refractivity (Wildman–Crippen MR) is 73.0 cm³/mol. The Balaban J connectivity index is 2.20. The van der Waals surface area contributed by atoms with Gasteiger partial charge >= 0.3 is 0 Å². The fraction of sp³-hybridized carbons (Fsp3) is 0.571. The molecule has 1 fully saturated rings. The Morgan fingerprint density at radius 3 is 2.06 bits per heavy atom. The SMILES string of the molecule is Cc1ccc(S(=O)(=O)N2CCC(C)(C)CC2)cc1. The second-order valence-corrected chi connectivity index (χ2v) is 7.82. The molecule has 0 bridgehead atoms. The summed E-state index contributed by atoms with van der Waals surface area (Å²) in [7, 11) is -3.30. The molecule has 0 spiro atoms. The molecule has 0 saturated carbocycles. The number of hydrogen-bond acceptors (Lipinski definition) is 2. The number of sulfonamides is 1. The van der Waals surface area contributed by atoms with E-state index in [0.717, 1.165) is 18.4 Å². The van der Waals surface area contributed by atoms with E-state index in [1.807, 2.05) is 19.1 Å². The Morgan fingerprint density at radius 1 is 1.06 bits per heavy atom. The molecule has 18 heavy (non-hydrogen) atoms. The number of rotatable bonds is 2. The van der Waals surface area contributed by atoms with Crippen LogP contribution in [0.1, 0.15) is 32.3 Å². The van der Waals surface area contributed by atoms with Crippen LogP contribution >= 0.6 is 0 Å². The zero-order chi connectivity index (χ0) is 13.4. The highest BCUT2D eigenvalue weighted by atomic mass is 32.2. The minimum absolute atomic E-state index is 0.263. The number of benzene rings is 1. The maximum atomic E-state index is 12.4. The van der Waals surface area contributed by atoms with Crippen molar-refractivity contribution in [1.82, 2.24) is 4.31 Å². The molecule has 1 aliphatic rings. The Labute approximate surface area is 110 Å². The van der Waals surface area contributed by atoms with E-state index in [9.17, 15) is 8.42 Å². The largest absolute Gasteiger partial charge is 0.243 e. The van der Waals surface area contributed by atoms with Crippen molar-refractivity contribution in [2.24, 2.45) is 5.41 Å². The summed E-state index contributed by atoms with van der Waals surface area (Å²) in [5.74, 6) is 0. The van der Waals surface area contributed by atoms with Crippen LogP contribution in [-0.2, 0) is 10.0 Å². The van der Waals surface area contributed by atoms with Crippen LogP contribution in [0.2, 0.25) is 0 Å². The maximum absolute atomic E-state index is 12.4. The Bertz CT molecular complexity index is 507. The fourth-order valence-electron chi connectivity index (χ4n) is 2.19. The van der Waals surface area contributed by atoms with E-state index in [1.54, 1.807) is 16.4 Å². The third-order valence-electron chi connectivity index (χ3n) is 3.73. The van der Waals surface area contributed by atoms with Gasteiger partial charge in [0.15, 0.2) is 0 Å². The lowest BCUT2D eigenvalue weighted by Gasteiger charge is -2.36. The molecule has 1 aliphatic heterocycles. The first-order valence-electron chi connectivity index (χ1n) is 6.38. The molecule has 1 aromatic rings. The van der Waals surface area contributed by atoms with Crippen molar-refractivity contribution in [1.29, 1.82) is 0 Å². The number of hydrogen-bond donors (Lipinski definition) is 0. The van der Waals surface area contributed by atoms with Crippen molar-refractivity contribution in [3.8, 4) is 0 Å². The van der Waals surface area contributed by atoms with Crippen molar-refractivity contribution in [2.45, 2.75) is 38.5 Å². The van der Waals surface area contributed by atoms with E-state index in [2.05, 4.69) is 13.8 Å². The van der Waals surface area contributed by atoms with Crippen molar-refractivity contribution in [2.75, 3.05) is 13.1 Å². The smallest absolute Gasteiger partial charge is 0.207 e. The standard InChI is InChI=1S/C14H21NO2S/c1-12-4-6-13(7-5-12)18(16,17)15-10-8-14(2,3)9-11-15/h4-7H,8-11H2,1-3H3. The summed E-state index contributed by atoms with van der Waals surface area (Å²) in [4.78, 5) is 0.410. The van der Waals surface area contributed by atoms with Crippen LogP contribution in [0.25, 0.3) is 0 Å². The molecular weight excluding hydrogens is 246 g/mol. The van der Waals surface area contributed by atoms with E-state index < -0.39 is 10.0 Å². The topological polar surface area (TPSA) is 37.4 Å².